The van der Waals surface area contributed by atoms with Crippen LogP contribution in [0.1, 0.15) is 96.8 Å². The van der Waals surface area contributed by atoms with Crippen molar-refractivity contribution in [3.8, 4) is 0 Å². The van der Waals surface area contributed by atoms with Crippen LogP contribution >= 0.6 is 0 Å². The highest BCUT2D eigenvalue weighted by molar-refractivity contribution is 5.66. The molecule has 0 aromatic rings. The molecule has 0 fully saturated rings. The quantitative estimate of drug-likeness (QED) is 0.281. The number of hydrogen-bond donors (Lipinski definition) is 1. The Bertz CT molecular complexity index is 272. The number of rotatable bonds is 15. The first-order chi connectivity index (χ1) is 11.5. The van der Waals surface area contributed by atoms with Gasteiger partial charge >= 0.3 is 5.97 Å². The molecule has 0 saturated heterocycles. The zero-order valence-corrected chi connectivity index (χ0v) is 16.9. The molecule has 0 heterocycles. The Labute approximate surface area is 151 Å². The third-order valence-electron chi connectivity index (χ3n) is 3.65. The van der Waals surface area contributed by atoms with E-state index in [-0.39, 0.29) is 0 Å². The van der Waals surface area contributed by atoms with Gasteiger partial charge in [-0.25, -0.2) is 0 Å². The van der Waals surface area contributed by atoms with Crippen LogP contribution in [0.4, 0.5) is 0 Å². The number of nitrogens with zero attached hydrogens (tertiary/aromatic N) is 1. The van der Waals surface area contributed by atoms with E-state index in [1.807, 2.05) is 26.0 Å². The molecule has 0 atom stereocenters. The number of carbonyl (C=O) groups is 1. The largest absolute Gasteiger partial charge is 0.481 e. The maximum absolute atomic E-state index is 10.3. The normalized spacial score (nSPS) is 10.9. The molecule has 3 heteroatoms. The molecular formula is C21H43NO2. The van der Waals surface area contributed by atoms with E-state index in [0.29, 0.717) is 6.42 Å². The second kappa shape index (κ2) is 22.2. The van der Waals surface area contributed by atoms with Crippen LogP contribution in [0.5, 0.6) is 0 Å². The molecule has 1 N–H and O–H groups in total. The van der Waals surface area contributed by atoms with Crippen molar-refractivity contribution in [3.05, 3.63) is 12.2 Å². The lowest BCUT2D eigenvalue weighted by Crippen LogP contribution is -1.99. The monoisotopic (exact) mass is 341 g/mol. The van der Waals surface area contributed by atoms with Crippen molar-refractivity contribution >= 4 is 5.97 Å². The van der Waals surface area contributed by atoms with Crippen LogP contribution in [-0.4, -0.2) is 37.1 Å². The molecule has 0 unspecified atom stereocenters. The van der Waals surface area contributed by atoms with E-state index in [9.17, 15) is 4.79 Å². The van der Waals surface area contributed by atoms with Crippen LogP contribution in [0.3, 0.4) is 0 Å². The minimum absolute atomic E-state index is 0.332. The molecule has 3 nitrogen and oxygen atoms in total. The topological polar surface area (TPSA) is 40.5 Å². The molecule has 0 bridgehead atoms. The molecule has 144 valence electrons. The van der Waals surface area contributed by atoms with E-state index in [1.165, 1.54) is 70.6 Å². The summed E-state index contributed by atoms with van der Waals surface area (Å²) in [6, 6.07) is 0. The van der Waals surface area contributed by atoms with Crippen LogP contribution in [0, 0.1) is 0 Å². The first kappa shape index (κ1) is 25.4. The third kappa shape index (κ3) is 32.9. The third-order valence-corrected chi connectivity index (χ3v) is 3.65. The summed E-state index contributed by atoms with van der Waals surface area (Å²) in [4.78, 5) is 12.3. The molecule has 0 aromatic heterocycles. The molecule has 0 aliphatic carbocycles. The zero-order valence-electron chi connectivity index (χ0n) is 16.9. The number of allylic oxidation sites excluding steroid dienone is 2. The van der Waals surface area contributed by atoms with Crippen LogP contribution in [0.2, 0.25) is 0 Å². The van der Waals surface area contributed by atoms with Crippen molar-refractivity contribution in [2.24, 2.45) is 0 Å². The Morgan fingerprint density at radius 2 is 1.12 bits per heavy atom. The number of carboxylic acids is 1. The predicted octanol–water partition coefficient (Wildman–Crippen LogP) is 6.29. The van der Waals surface area contributed by atoms with E-state index in [1.54, 1.807) is 0 Å². The van der Waals surface area contributed by atoms with E-state index in [0.717, 1.165) is 12.8 Å². The maximum atomic E-state index is 10.3. The number of aliphatic carboxylic acids is 1. The van der Waals surface area contributed by atoms with Gasteiger partial charge in [0.2, 0.25) is 0 Å². The summed E-state index contributed by atoms with van der Waals surface area (Å²) in [7, 11) is 6.00. The zero-order chi connectivity index (χ0) is 18.5. The smallest absolute Gasteiger partial charge is 0.303 e. The minimum Gasteiger partial charge on any atom is -0.481 e. The molecule has 0 radical (unpaired) electrons. The molecule has 0 saturated carbocycles. The van der Waals surface area contributed by atoms with Crippen molar-refractivity contribution in [2.75, 3.05) is 21.1 Å². The predicted molar refractivity (Wildman–Crippen MR) is 107 cm³/mol. The highest BCUT2D eigenvalue weighted by Gasteiger charge is 1.95. The lowest BCUT2D eigenvalue weighted by molar-refractivity contribution is -0.137. The molecule has 0 spiro atoms. The SMILES string of the molecule is CCCCCCCC/C=C\CCCCCCCC(=O)O.CN(C)C. The Balaban J connectivity index is 0. The first-order valence-corrected chi connectivity index (χ1v) is 9.98. The van der Waals surface area contributed by atoms with Crippen LogP contribution in [-0.2, 0) is 4.79 Å². The average Bonchev–Trinajstić information content (AvgIpc) is 2.50. The van der Waals surface area contributed by atoms with E-state index >= 15 is 0 Å². The highest BCUT2D eigenvalue weighted by atomic mass is 16.4. The molecule has 0 amide bonds. The van der Waals surface area contributed by atoms with E-state index in [2.05, 4.69) is 19.1 Å². The van der Waals surface area contributed by atoms with Gasteiger partial charge in [0, 0.05) is 6.42 Å². The van der Waals surface area contributed by atoms with Gasteiger partial charge in [-0.15, -0.1) is 0 Å². The minimum atomic E-state index is -0.664. The standard InChI is InChI=1S/C18H34O2.C3H9N/c1-2-3-4-5-6-7-8-9-10-11-12-13-14-15-16-17-18(19)20;1-4(2)3/h9-10H,2-8,11-17H2,1H3,(H,19,20);1-3H3/b10-9-;. The Kier molecular flexibility index (Phi) is 23.5. The Morgan fingerprint density at radius 3 is 1.54 bits per heavy atom. The van der Waals surface area contributed by atoms with Gasteiger partial charge < -0.3 is 10.0 Å². The van der Waals surface area contributed by atoms with Crippen molar-refractivity contribution in [1.82, 2.24) is 4.90 Å². The molecule has 0 rings (SSSR count). The number of carboxylic acid groups (broad SMARTS) is 1. The fourth-order valence-corrected chi connectivity index (χ4v) is 2.35. The molecule has 0 aliphatic heterocycles. The maximum Gasteiger partial charge on any atom is 0.303 e. The molecular weight excluding hydrogens is 298 g/mol. The van der Waals surface area contributed by atoms with Gasteiger partial charge in [0.15, 0.2) is 0 Å². The lowest BCUT2D eigenvalue weighted by atomic mass is 10.1. The average molecular weight is 342 g/mol. The van der Waals surface area contributed by atoms with Crippen molar-refractivity contribution in [3.63, 3.8) is 0 Å². The molecule has 0 aromatic carbocycles. The number of unbranched alkanes of at least 4 members (excludes halogenated alkanes) is 11. The fraction of sp³-hybridized carbons (Fsp3) is 0.857. The number of hydrogen-bond acceptors (Lipinski definition) is 2. The Hall–Kier alpha value is -0.830. The molecule has 0 aliphatic rings. The lowest BCUT2D eigenvalue weighted by Gasteiger charge is -1.99. The van der Waals surface area contributed by atoms with Gasteiger partial charge in [0.1, 0.15) is 0 Å². The second-order valence-corrected chi connectivity index (χ2v) is 7.07. The van der Waals surface area contributed by atoms with Crippen LogP contribution < -0.4 is 0 Å². The summed E-state index contributed by atoms with van der Waals surface area (Å²) < 4.78 is 0. The summed E-state index contributed by atoms with van der Waals surface area (Å²) in [6.07, 6.45) is 21.2. The van der Waals surface area contributed by atoms with Crippen molar-refractivity contribution in [2.45, 2.75) is 96.8 Å². The fourth-order valence-electron chi connectivity index (χ4n) is 2.35. The Morgan fingerprint density at radius 1 is 0.750 bits per heavy atom. The summed E-state index contributed by atoms with van der Waals surface area (Å²) in [5, 5.41) is 8.51. The van der Waals surface area contributed by atoms with Gasteiger partial charge in [0.25, 0.3) is 0 Å². The highest BCUT2D eigenvalue weighted by Crippen LogP contribution is 2.09. The van der Waals surface area contributed by atoms with Gasteiger partial charge in [0.05, 0.1) is 0 Å². The summed E-state index contributed by atoms with van der Waals surface area (Å²) in [5.41, 5.74) is 0. The van der Waals surface area contributed by atoms with E-state index in [4.69, 9.17) is 5.11 Å². The van der Waals surface area contributed by atoms with Gasteiger partial charge in [-0.2, -0.15) is 0 Å². The van der Waals surface area contributed by atoms with E-state index < -0.39 is 5.97 Å². The summed E-state index contributed by atoms with van der Waals surface area (Å²) in [5.74, 6) is -0.664. The summed E-state index contributed by atoms with van der Waals surface area (Å²) >= 11 is 0. The van der Waals surface area contributed by atoms with Crippen molar-refractivity contribution in [1.29, 1.82) is 0 Å². The van der Waals surface area contributed by atoms with Gasteiger partial charge in [-0.05, 0) is 53.2 Å². The van der Waals surface area contributed by atoms with Crippen LogP contribution in [0.25, 0.3) is 0 Å². The van der Waals surface area contributed by atoms with Crippen LogP contribution in [0.15, 0.2) is 12.2 Å². The first-order valence-electron chi connectivity index (χ1n) is 9.98. The van der Waals surface area contributed by atoms with Crippen molar-refractivity contribution < 1.29 is 9.90 Å². The second-order valence-electron chi connectivity index (χ2n) is 7.07. The molecule has 24 heavy (non-hydrogen) atoms. The van der Waals surface area contributed by atoms with Gasteiger partial charge in [-0.1, -0.05) is 70.4 Å². The van der Waals surface area contributed by atoms with Gasteiger partial charge in [-0.3, -0.25) is 4.79 Å². The summed E-state index contributed by atoms with van der Waals surface area (Å²) in [6.45, 7) is 2.26.